The number of carbonyl (C=O) groups excluding carboxylic acids is 1. The van der Waals surface area contributed by atoms with E-state index in [1.807, 2.05) is 32.9 Å². The molecule has 0 radical (unpaired) electrons. The summed E-state index contributed by atoms with van der Waals surface area (Å²) in [6.45, 7) is 10.3. The van der Waals surface area contributed by atoms with Crippen LogP contribution >= 0.6 is 0 Å². The molecule has 1 heterocycles. The van der Waals surface area contributed by atoms with Gasteiger partial charge in [0.1, 0.15) is 5.60 Å². The van der Waals surface area contributed by atoms with Crippen LogP contribution in [0.4, 0.5) is 10.5 Å². The smallest absolute Gasteiger partial charge is 0.414 e. The van der Waals surface area contributed by atoms with Crippen LogP contribution in [0.25, 0.3) is 0 Å². The van der Waals surface area contributed by atoms with Crippen molar-refractivity contribution in [3.63, 3.8) is 0 Å². The zero-order valence-electron chi connectivity index (χ0n) is 12.7. The molecule has 1 aliphatic rings. The van der Waals surface area contributed by atoms with Crippen LogP contribution in [0.15, 0.2) is 18.2 Å². The van der Waals surface area contributed by atoms with Crippen molar-refractivity contribution in [2.45, 2.75) is 45.6 Å². The van der Waals surface area contributed by atoms with Crippen molar-refractivity contribution in [3.8, 4) is 6.07 Å². The Morgan fingerprint density at radius 2 is 2.05 bits per heavy atom. The molecule has 1 aromatic carbocycles. The summed E-state index contributed by atoms with van der Waals surface area (Å²) >= 11 is 0. The average Bonchev–Trinajstić information content (AvgIpc) is 2.59. The first-order valence-electron chi connectivity index (χ1n) is 6.69. The second-order valence-electron chi connectivity index (χ2n) is 6.79. The molecular formula is C16H20N2O2. The van der Waals surface area contributed by atoms with Crippen molar-refractivity contribution in [3.05, 3.63) is 29.3 Å². The van der Waals surface area contributed by atoms with E-state index in [1.165, 1.54) is 0 Å². The molecule has 2 rings (SSSR count). The Morgan fingerprint density at radius 3 is 2.60 bits per heavy atom. The second kappa shape index (κ2) is 4.52. The van der Waals surface area contributed by atoms with Crippen molar-refractivity contribution in [1.82, 2.24) is 0 Å². The molecular weight excluding hydrogens is 252 g/mol. The molecule has 0 N–H and O–H groups in total. The molecule has 0 bridgehead atoms. The quantitative estimate of drug-likeness (QED) is 0.725. The van der Waals surface area contributed by atoms with Gasteiger partial charge in [-0.15, -0.1) is 0 Å². The number of amides is 1. The minimum Gasteiger partial charge on any atom is -0.443 e. The molecule has 0 aliphatic carbocycles. The van der Waals surface area contributed by atoms with E-state index in [0.29, 0.717) is 12.1 Å². The van der Waals surface area contributed by atoms with Crippen LogP contribution in [0.1, 0.15) is 45.7 Å². The molecule has 0 spiro atoms. The van der Waals surface area contributed by atoms with Crippen molar-refractivity contribution in [2.75, 3.05) is 11.4 Å². The first kappa shape index (κ1) is 14.4. The standard InChI is InChI=1S/C16H20N2O2/c1-15(2,3)20-14(19)18-10-16(4,5)12-8-11(9-17)6-7-13(12)18/h6-8H,10H2,1-5H3. The summed E-state index contributed by atoms with van der Waals surface area (Å²) in [5.74, 6) is 0. The van der Waals surface area contributed by atoms with Crippen LogP contribution < -0.4 is 4.90 Å². The number of hydrogen-bond donors (Lipinski definition) is 0. The molecule has 20 heavy (non-hydrogen) atoms. The highest BCUT2D eigenvalue weighted by atomic mass is 16.6. The Labute approximate surface area is 120 Å². The maximum Gasteiger partial charge on any atom is 0.414 e. The number of rotatable bonds is 0. The van der Waals surface area contributed by atoms with Gasteiger partial charge < -0.3 is 4.74 Å². The van der Waals surface area contributed by atoms with Gasteiger partial charge in [0.05, 0.1) is 17.3 Å². The predicted molar refractivity (Wildman–Crippen MR) is 77.8 cm³/mol. The van der Waals surface area contributed by atoms with E-state index < -0.39 is 5.60 Å². The van der Waals surface area contributed by atoms with Crippen LogP contribution in [0.5, 0.6) is 0 Å². The normalized spacial score (nSPS) is 16.5. The molecule has 0 saturated carbocycles. The molecule has 1 amide bonds. The van der Waals surface area contributed by atoms with Crippen molar-refractivity contribution < 1.29 is 9.53 Å². The van der Waals surface area contributed by atoms with Gasteiger partial charge in [0.2, 0.25) is 0 Å². The van der Waals surface area contributed by atoms with Crippen molar-refractivity contribution in [2.24, 2.45) is 0 Å². The molecule has 0 unspecified atom stereocenters. The third-order valence-corrected chi connectivity index (χ3v) is 3.31. The highest BCUT2D eigenvalue weighted by molar-refractivity contribution is 5.91. The summed E-state index contributed by atoms with van der Waals surface area (Å²) in [6.07, 6.45) is -0.339. The minimum absolute atomic E-state index is 0.181. The van der Waals surface area contributed by atoms with Gasteiger partial charge >= 0.3 is 6.09 Å². The molecule has 0 fully saturated rings. The van der Waals surface area contributed by atoms with Gasteiger partial charge in [0.25, 0.3) is 0 Å². The number of fused-ring (bicyclic) bond motifs is 1. The fourth-order valence-corrected chi connectivity index (χ4v) is 2.43. The summed E-state index contributed by atoms with van der Waals surface area (Å²) in [4.78, 5) is 14.0. The number of anilines is 1. The lowest BCUT2D eigenvalue weighted by Gasteiger charge is -2.25. The van der Waals surface area contributed by atoms with E-state index in [-0.39, 0.29) is 11.5 Å². The third-order valence-electron chi connectivity index (χ3n) is 3.31. The SMILES string of the molecule is CC(C)(C)OC(=O)N1CC(C)(C)c2cc(C#N)ccc21. The van der Waals surface area contributed by atoms with Gasteiger partial charge in [-0.2, -0.15) is 5.26 Å². The van der Waals surface area contributed by atoms with E-state index in [1.54, 1.807) is 11.0 Å². The lowest BCUT2D eigenvalue weighted by atomic mass is 9.86. The summed E-state index contributed by atoms with van der Waals surface area (Å²) in [5.41, 5.74) is 1.77. The van der Waals surface area contributed by atoms with Crippen LogP contribution in [0.3, 0.4) is 0 Å². The maximum absolute atomic E-state index is 12.3. The Balaban J connectivity index is 2.39. The maximum atomic E-state index is 12.3. The van der Waals surface area contributed by atoms with Gasteiger partial charge in [0, 0.05) is 12.0 Å². The molecule has 1 aliphatic heterocycles. The zero-order valence-corrected chi connectivity index (χ0v) is 12.7. The Bertz CT molecular complexity index is 591. The minimum atomic E-state index is -0.517. The Kier molecular flexibility index (Phi) is 3.25. The monoisotopic (exact) mass is 272 g/mol. The molecule has 0 atom stereocenters. The molecule has 0 saturated heterocycles. The second-order valence-corrected chi connectivity index (χ2v) is 6.79. The van der Waals surface area contributed by atoms with Gasteiger partial charge in [0.15, 0.2) is 0 Å². The van der Waals surface area contributed by atoms with Crippen LogP contribution in [0, 0.1) is 11.3 Å². The van der Waals surface area contributed by atoms with Crippen LogP contribution in [-0.4, -0.2) is 18.2 Å². The summed E-state index contributed by atoms with van der Waals surface area (Å²) < 4.78 is 5.45. The van der Waals surface area contributed by atoms with E-state index in [2.05, 4.69) is 19.9 Å². The highest BCUT2D eigenvalue weighted by Crippen LogP contribution is 2.41. The Morgan fingerprint density at radius 1 is 1.40 bits per heavy atom. The predicted octanol–water partition coefficient (Wildman–Crippen LogP) is 3.59. The first-order valence-corrected chi connectivity index (χ1v) is 6.69. The zero-order chi connectivity index (χ0) is 15.1. The molecule has 4 heteroatoms. The fourth-order valence-electron chi connectivity index (χ4n) is 2.43. The van der Waals surface area contributed by atoms with Crippen molar-refractivity contribution >= 4 is 11.8 Å². The number of benzene rings is 1. The van der Waals surface area contributed by atoms with Crippen LogP contribution in [0.2, 0.25) is 0 Å². The molecule has 1 aromatic rings. The number of hydrogen-bond acceptors (Lipinski definition) is 3. The van der Waals surface area contributed by atoms with Gasteiger partial charge in [-0.25, -0.2) is 4.79 Å². The average molecular weight is 272 g/mol. The van der Waals surface area contributed by atoms with E-state index in [0.717, 1.165) is 11.3 Å². The molecule has 106 valence electrons. The highest BCUT2D eigenvalue weighted by Gasteiger charge is 2.39. The molecule has 0 aromatic heterocycles. The summed E-state index contributed by atoms with van der Waals surface area (Å²) in [6, 6.07) is 7.56. The third kappa shape index (κ3) is 2.62. The lowest BCUT2D eigenvalue weighted by Crippen LogP contribution is -2.38. The fraction of sp³-hybridized carbons (Fsp3) is 0.500. The summed E-state index contributed by atoms with van der Waals surface area (Å²) in [7, 11) is 0. The van der Waals surface area contributed by atoms with Crippen molar-refractivity contribution in [1.29, 1.82) is 5.26 Å². The summed E-state index contributed by atoms with van der Waals surface area (Å²) in [5, 5.41) is 9.01. The number of carbonyl (C=O) groups is 1. The largest absolute Gasteiger partial charge is 0.443 e. The Hall–Kier alpha value is -2.02. The number of nitriles is 1. The van der Waals surface area contributed by atoms with E-state index in [4.69, 9.17) is 10.00 Å². The number of nitrogens with zero attached hydrogens (tertiary/aromatic N) is 2. The van der Waals surface area contributed by atoms with Gasteiger partial charge in [-0.3, -0.25) is 4.90 Å². The molecule has 4 nitrogen and oxygen atoms in total. The van der Waals surface area contributed by atoms with Gasteiger partial charge in [-0.05, 0) is 44.5 Å². The first-order chi connectivity index (χ1) is 9.14. The lowest BCUT2D eigenvalue weighted by molar-refractivity contribution is 0.0579. The van der Waals surface area contributed by atoms with Crippen LogP contribution in [-0.2, 0) is 10.2 Å². The topological polar surface area (TPSA) is 53.3 Å². The van der Waals surface area contributed by atoms with Gasteiger partial charge in [-0.1, -0.05) is 13.8 Å². The number of ether oxygens (including phenoxy) is 1. The van der Waals surface area contributed by atoms with E-state index >= 15 is 0 Å². The van der Waals surface area contributed by atoms with E-state index in [9.17, 15) is 4.79 Å².